The van der Waals surface area contributed by atoms with Gasteiger partial charge in [0, 0.05) is 32.8 Å². The number of nitrogens with zero attached hydrogens (tertiary/aromatic N) is 2. The number of nitrogens with one attached hydrogen (secondary N) is 1. The number of rotatable bonds is 5. The van der Waals surface area contributed by atoms with Crippen LogP contribution < -0.4 is 10.1 Å². The lowest BCUT2D eigenvalue weighted by Gasteiger charge is -2.31. The molecule has 2 heterocycles. The predicted octanol–water partition coefficient (Wildman–Crippen LogP) is 0.606. The zero-order valence-corrected chi connectivity index (χ0v) is 15.9. The molecule has 26 heavy (non-hydrogen) atoms. The van der Waals surface area contributed by atoms with Crippen molar-refractivity contribution in [2.75, 3.05) is 58.9 Å². The minimum atomic E-state index is -3.61. The molecule has 1 atom stereocenters. The van der Waals surface area contributed by atoms with Crippen LogP contribution in [0.3, 0.4) is 0 Å². The molecule has 2 aliphatic rings. The largest absolute Gasteiger partial charge is 0.495 e. The second-order valence-electron chi connectivity index (χ2n) is 6.62. The summed E-state index contributed by atoms with van der Waals surface area (Å²) in [6.45, 7) is 3.24. The van der Waals surface area contributed by atoms with Crippen molar-refractivity contribution in [3.63, 3.8) is 0 Å². The highest BCUT2D eigenvalue weighted by Gasteiger charge is 2.29. The molecule has 0 radical (unpaired) electrons. The molecule has 0 bridgehead atoms. The number of carbonyl (C=O) groups is 1. The van der Waals surface area contributed by atoms with E-state index < -0.39 is 10.0 Å². The van der Waals surface area contributed by atoms with Crippen molar-refractivity contribution in [1.82, 2.24) is 9.21 Å². The summed E-state index contributed by atoms with van der Waals surface area (Å²) in [4.78, 5) is 14.6. The quantitative estimate of drug-likeness (QED) is 0.801. The van der Waals surface area contributed by atoms with Crippen LogP contribution in [0.5, 0.6) is 5.75 Å². The summed E-state index contributed by atoms with van der Waals surface area (Å²) >= 11 is 0. The first-order valence-electron chi connectivity index (χ1n) is 8.67. The van der Waals surface area contributed by atoms with Crippen LogP contribution in [-0.4, -0.2) is 77.1 Å². The molecular weight excluding hydrogens is 358 g/mol. The topological polar surface area (TPSA) is 88.2 Å². The number of benzene rings is 1. The summed E-state index contributed by atoms with van der Waals surface area (Å²) in [6.07, 6.45) is 0.660. The molecule has 2 aliphatic heterocycles. The van der Waals surface area contributed by atoms with Crippen molar-refractivity contribution in [2.24, 2.45) is 5.92 Å². The SMILES string of the molecule is COc1ccc(S(=O)(=O)N2CCN(C)CC2)cc1NC(=O)C1CCOC1. The highest BCUT2D eigenvalue weighted by atomic mass is 32.2. The van der Waals surface area contributed by atoms with E-state index in [1.54, 1.807) is 6.07 Å². The van der Waals surface area contributed by atoms with E-state index in [0.717, 1.165) is 0 Å². The maximum Gasteiger partial charge on any atom is 0.243 e. The van der Waals surface area contributed by atoms with Crippen LogP contribution in [-0.2, 0) is 19.6 Å². The number of ether oxygens (including phenoxy) is 2. The monoisotopic (exact) mass is 383 g/mol. The van der Waals surface area contributed by atoms with Gasteiger partial charge in [0.05, 0.1) is 30.2 Å². The lowest BCUT2D eigenvalue weighted by Crippen LogP contribution is -2.47. The summed E-state index contributed by atoms with van der Waals surface area (Å²) in [7, 11) is -0.158. The number of anilines is 1. The van der Waals surface area contributed by atoms with Gasteiger partial charge < -0.3 is 19.7 Å². The first-order valence-corrected chi connectivity index (χ1v) is 10.1. The first kappa shape index (κ1) is 19.1. The van der Waals surface area contributed by atoms with E-state index >= 15 is 0 Å². The van der Waals surface area contributed by atoms with Gasteiger partial charge in [-0.15, -0.1) is 0 Å². The van der Waals surface area contributed by atoms with Crippen LogP contribution in [0.1, 0.15) is 6.42 Å². The minimum absolute atomic E-state index is 0.154. The fourth-order valence-electron chi connectivity index (χ4n) is 3.10. The number of hydrogen-bond donors (Lipinski definition) is 1. The van der Waals surface area contributed by atoms with E-state index in [-0.39, 0.29) is 16.7 Å². The van der Waals surface area contributed by atoms with E-state index in [1.165, 1.54) is 23.5 Å². The van der Waals surface area contributed by atoms with Gasteiger partial charge in [-0.25, -0.2) is 8.42 Å². The summed E-state index contributed by atoms with van der Waals surface area (Å²) in [5.74, 6) is 0.0159. The number of carbonyl (C=O) groups excluding carboxylic acids is 1. The maximum absolute atomic E-state index is 12.9. The van der Waals surface area contributed by atoms with Gasteiger partial charge in [0.2, 0.25) is 15.9 Å². The Hall–Kier alpha value is -1.68. The minimum Gasteiger partial charge on any atom is -0.495 e. The van der Waals surface area contributed by atoms with Crippen molar-refractivity contribution in [2.45, 2.75) is 11.3 Å². The summed E-state index contributed by atoms with van der Waals surface area (Å²) in [6, 6.07) is 4.56. The number of hydrogen-bond acceptors (Lipinski definition) is 6. The predicted molar refractivity (Wildman–Crippen MR) is 96.8 cm³/mol. The Labute approximate surface area is 154 Å². The molecule has 2 saturated heterocycles. The third-order valence-corrected chi connectivity index (χ3v) is 6.72. The second kappa shape index (κ2) is 7.91. The molecule has 1 N–H and O–H groups in total. The standard InChI is InChI=1S/C17H25N3O5S/c1-19-6-8-20(9-7-19)26(22,23)14-3-4-16(24-2)15(11-14)18-17(21)13-5-10-25-12-13/h3-4,11,13H,5-10,12H2,1-2H3,(H,18,21). The molecule has 1 amide bonds. The Kier molecular flexibility index (Phi) is 5.81. The van der Waals surface area contributed by atoms with Crippen molar-refractivity contribution >= 4 is 21.6 Å². The Morgan fingerprint density at radius 1 is 1.27 bits per heavy atom. The van der Waals surface area contributed by atoms with Crippen LogP contribution in [0.15, 0.2) is 23.1 Å². The lowest BCUT2D eigenvalue weighted by molar-refractivity contribution is -0.119. The van der Waals surface area contributed by atoms with Crippen molar-refractivity contribution in [3.8, 4) is 5.75 Å². The number of piperazine rings is 1. The van der Waals surface area contributed by atoms with Crippen molar-refractivity contribution in [1.29, 1.82) is 0 Å². The zero-order chi connectivity index (χ0) is 18.7. The Balaban J connectivity index is 1.83. The fraction of sp³-hybridized carbons (Fsp3) is 0.588. The summed E-state index contributed by atoms with van der Waals surface area (Å²) in [5.41, 5.74) is 0.361. The Morgan fingerprint density at radius 3 is 2.62 bits per heavy atom. The zero-order valence-electron chi connectivity index (χ0n) is 15.1. The summed E-state index contributed by atoms with van der Waals surface area (Å²) < 4.78 is 37.8. The van der Waals surface area contributed by atoms with Gasteiger partial charge in [-0.1, -0.05) is 0 Å². The molecule has 0 aromatic heterocycles. The molecule has 144 valence electrons. The van der Waals surface area contributed by atoms with E-state index in [9.17, 15) is 13.2 Å². The Morgan fingerprint density at radius 2 is 2.00 bits per heavy atom. The van der Waals surface area contributed by atoms with Gasteiger partial charge in [0.15, 0.2) is 0 Å². The molecule has 3 rings (SSSR count). The molecule has 2 fully saturated rings. The second-order valence-corrected chi connectivity index (χ2v) is 8.56. The van der Waals surface area contributed by atoms with Crippen LogP contribution >= 0.6 is 0 Å². The van der Waals surface area contributed by atoms with E-state index in [1.807, 2.05) is 7.05 Å². The number of methoxy groups -OCH3 is 1. The van der Waals surface area contributed by atoms with Crippen molar-refractivity contribution in [3.05, 3.63) is 18.2 Å². The van der Waals surface area contributed by atoms with Crippen LogP contribution in [0.25, 0.3) is 0 Å². The number of amides is 1. The molecule has 0 spiro atoms. The highest BCUT2D eigenvalue weighted by molar-refractivity contribution is 7.89. The molecule has 0 saturated carbocycles. The van der Waals surface area contributed by atoms with Gasteiger partial charge in [-0.3, -0.25) is 4.79 Å². The van der Waals surface area contributed by atoms with Gasteiger partial charge >= 0.3 is 0 Å². The molecular formula is C17H25N3O5S. The smallest absolute Gasteiger partial charge is 0.243 e. The van der Waals surface area contributed by atoms with Gasteiger partial charge in [-0.05, 0) is 31.7 Å². The van der Waals surface area contributed by atoms with Crippen LogP contribution in [0.2, 0.25) is 0 Å². The van der Waals surface area contributed by atoms with E-state index in [4.69, 9.17) is 9.47 Å². The Bertz CT molecular complexity index is 754. The highest BCUT2D eigenvalue weighted by Crippen LogP contribution is 2.30. The van der Waals surface area contributed by atoms with E-state index in [2.05, 4.69) is 10.2 Å². The number of likely N-dealkylation sites (N-methyl/N-ethyl adjacent to an activating group) is 1. The van der Waals surface area contributed by atoms with E-state index in [0.29, 0.717) is 57.3 Å². The molecule has 0 aliphatic carbocycles. The summed E-state index contributed by atoms with van der Waals surface area (Å²) in [5, 5.41) is 2.79. The third-order valence-electron chi connectivity index (χ3n) is 4.83. The third kappa shape index (κ3) is 4.01. The van der Waals surface area contributed by atoms with Crippen LogP contribution in [0, 0.1) is 5.92 Å². The maximum atomic E-state index is 12.9. The molecule has 9 heteroatoms. The van der Waals surface area contributed by atoms with Crippen LogP contribution in [0.4, 0.5) is 5.69 Å². The average molecular weight is 383 g/mol. The van der Waals surface area contributed by atoms with Crippen molar-refractivity contribution < 1.29 is 22.7 Å². The average Bonchev–Trinajstić information content (AvgIpc) is 3.17. The lowest BCUT2D eigenvalue weighted by atomic mass is 10.1. The molecule has 1 unspecified atom stereocenters. The van der Waals surface area contributed by atoms with Gasteiger partial charge in [0.25, 0.3) is 0 Å². The number of sulfonamides is 1. The molecule has 1 aromatic carbocycles. The fourth-order valence-corrected chi connectivity index (χ4v) is 4.55. The molecule has 8 nitrogen and oxygen atoms in total. The normalized spacial score (nSPS) is 22.3. The van der Waals surface area contributed by atoms with Gasteiger partial charge in [0.1, 0.15) is 5.75 Å². The molecule has 1 aromatic rings. The van der Waals surface area contributed by atoms with Gasteiger partial charge in [-0.2, -0.15) is 4.31 Å². The first-order chi connectivity index (χ1) is 12.4.